The molecule has 33 heavy (non-hydrogen) atoms. The Morgan fingerprint density at radius 2 is 1.67 bits per heavy atom. The fourth-order valence-electron chi connectivity index (χ4n) is 3.74. The molecule has 4 unspecified atom stereocenters. The van der Waals surface area contributed by atoms with Crippen molar-refractivity contribution in [2.45, 2.75) is 22.2 Å². The number of likely N-dealkylation sites (tertiary alicyclic amines) is 1. The summed E-state index contributed by atoms with van der Waals surface area (Å²) in [5, 5.41) is 8.53. The molecule has 174 valence electrons. The molecular weight excluding hydrogens is 488 g/mol. The van der Waals surface area contributed by atoms with Crippen molar-refractivity contribution in [2.75, 3.05) is 5.88 Å². The number of halogens is 1. The van der Waals surface area contributed by atoms with Crippen molar-refractivity contribution in [1.29, 1.82) is 0 Å². The van der Waals surface area contributed by atoms with Crippen molar-refractivity contribution >= 4 is 49.0 Å². The van der Waals surface area contributed by atoms with Crippen molar-refractivity contribution < 1.29 is 27.9 Å². The van der Waals surface area contributed by atoms with Crippen LogP contribution in [-0.4, -0.2) is 53.5 Å². The lowest BCUT2D eigenvalue weighted by Gasteiger charge is -2.51. The Labute approximate surface area is 199 Å². The van der Waals surface area contributed by atoms with Gasteiger partial charge in [0.25, 0.3) is 0 Å². The van der Waals surface area contributed by atoms with Crippen LogP contribution in [0.25, 0.3) is 0 Å². The third-order valence-electron chi connectivity index (χ3n) is 5.27. The van der Waals surface area contributed by atoms with Gasteiger partial charge in [-0.3, -0.25) is 9.59 Å². The van der Waals surface area contributed by atoms with E-state index in [1.54, 1.807) is 48.5 Å². The standard InChI is InChI=1S/C22H21ClN2O6S2/c1-13(12-23)18(22(28)29)25-20(27)17(16(19(24)26)14-8-4-2-5-9-14)21(25)32-33(30,31)15-10-6-3-7-11-15/h2-11,16-18,21H,1,12H2,(H2,24,26)(H,28,29). The van der Waals surface area contributed by atoms with Gasteiger partial charge in [0.05, 0.1) is 16.7 Å². The summed E-state index contributed by atoms with van der Waals surface area (Å²) >= 11 is 5.79. The number of carboxylic acids is 1. The van der Waals surface area contributed by atoms with E-state index >= 15 is 0 Å². The number of primary amides is 1. The number of hydrogen-bond donors (Lipinski definition) is 2. The van der Waals surface area contributed by atoms with Crippen molar-refractivity contribution in [1.82, 2.24) is 4.90 Å². The molecule has 1 aliphatic heterocycles. The quantitative estimate of drug-likeness (QED) is 0.218. The third kappa shape index (κ3) is 4.92. The summed E-state index contributed by atoms with van der Waals surface area (Å²) in [4.78, 5) is 38.5. The number of carboxylic acid groups (broad SMARTS) is 1. The minimum absolute atomic E-state index is 0.00834. The highest BCUT2D eigenvalue weighted by molar-refractivity contribution is 8.72. The normalized spacial score (nSPS) is 19.9. The molecule has 2 amide bonds. The summed E-state index contributed by atoms with van der Waals surface area (Å²) in [6.45, 7) is 3.63. The van der Waals surface area contributed by atoms with Crippen LogP contribution in [0.2, 0.25) is 0 Å². The molecular formula is C22H21ClN2O6S2. The van der Waals surface area contributed by atoms with Crippen LogP contribution in [0.15, 0.2) is 77.7 Å². The molecule has 0 spiro atoms. The monoisotopic (exact) mass is 508 g/mol. The SMILES string of the molecule is C=C(CCl)C(C(=O)O)N1C(=O)C(C(C(N)=O)c2ccccc2)C1SS(=O)(=O)c1ccccc1. The van der Waals surface area contributed by atoms with E-state index in [-0.39, 0.29) is 16.3 Å². The summed E-state index contributed by atoms with van der Waals surface area (Å²) in [7, 11) is -3.63. The lowest BCUT2D eigenvalue weighted by Crippen LogP contribution is -2.67. The van der Waals surface area contributed by atoms with E-state index in [0.29, 0.717) is 16.4 Å². The maximum absolute atomic E-state index is 13.2. The highest BCUT2D eigenvalue weighted by Crippen LogP contribution is 2.48. The van der Waals surface area contributed by atoms with Crippen molar-refractivity contribution in [3.05, 3.63) is 78.4 Å². The second kappa shape index (κ2) is 9.98. The number of amides is 2. The Balaban J connectivity index is 2.09. The fourth-order valence-corrected chi connectivity index (χ4v) is 7.54. The lowest BCUT2D eigenvalue weighted by atomic mass is 9.78. The van der Waals surface area contributed by atoms with Gasteiger partial charge < -0.3 is 15.7 Å². The fraction of sp³-hybridized carbons (Fsp3) is 0.227. The van der Waals surface area contributed by atoms with Gasteiger partial charge in [-0.2, -0.15) is 0 Å². The first kappa shape index (κ1) is 24.8. The first-order chi connectivity index (χ1) is 15.6. The van der Waals surface area contributed by atoms with Crippen molar-refractivity contribution in [2.24, 2.45) is 11.7 Å². The van der Waals surface area contributed by atoms with Crippen LogP contribution in [-0.2, 0) is 23.3 Å². The van der Waals surface area contributed by atoms with E-state index in [2.05, 4.69) is 6.58 Å². The Hall–Kier alpha value is -2.82. The van der Waals surface area contributed by atoms with Crippen LogP contribution in [0.5, 0.6) is 0 Å². The zero-order valence-electron chi connectivity index (χ0n) is 17.2. The number of carbonyl (C=O) groups excluding carboxylic acids is 2. The Morgan fingerprint density at radius 1 is 1.12 bits per heavy atom. The van der Waals surface area contributed by atoms with Crippen LogP contribution < -0.4 is 5.73 Å². The molecule has 0 aliphatic carbocycles. The van der Waals surface area contributed by atoms with Gasteiger partial charge in [0, 0.05) is 5.88 Å². The number of hydrogen-bond acceptors (Lipinski definition) is 6. The third-order valence-corrected chi connectivity index (χ3v) is 9.37. The van der Waals surface area contributed by atoms with Crippen LogP contribution in [0.4, 0.5) is 0 Å². The number of benzene rings is 2. The van der Waals surface area contributed by atoms with Crippen LogP contribution >= 0.6 is 22.4 Å². The zero-order valence-corrected chi connectivity index (χ0v) is 19.6. The van der Waals surface area contributed by atoms with Gasteiger partial charge in [-0.05, 0) is 34.1 Å². The largest absolute Gasteiger partial charge is 0.479 e. The maximum Gasteiger partial charge on any atom is 0.330 e. The molecule has 0 bridgehead atoms. The molecule has 0 radical (unpaired) electrons. The summed E-state index contributed by atoms with van der Waals surface area (Å²) in [6.07, 6.45) is 0. The molecule has 1 fully saturated rings. The molecule has 11 heteroatoms. The van der Waals surface area contributed by atoms with Gasteiger partial charge in [-0.15, -0.1) is 11.6 Å². The predicted molar refractivity (Wildman–Crippen MR) is 125 cm³/mol. The number of nitrogens with zero attached hydrogens (tertiary/aromatic N) is 1. The van der Waals surface area contributed by atoms with Gasteiger partial charge >= 0.3 is 5.97 Å². The predicted octanol–water partition coefficient (Wildman–Crippen LogP) is 2.41. The zero-order chi connectivity index (χ0) is 24.3. The number of β-lactam (4-membered cyclic amide) rings is 1. The highest BCUT2D eigenvalue weighted by atomic mass is 35.5. The number of carbonyl (C=O) groups is 3. The van der Waals surface area contributed by atoms with E-state index in [1.807, 2.05) is 0 Å². The number of nitrogens with two attached hydrogens (primary N) is 1. The first-order valence-electron chi connectivity index (χ1n) is 9.71. The molecule has 1 saturated heterocycles. The second-order valence-electron chi connectivity index (χ2n) is 7.35. The van der Waals surface area contributed by atoms with Gasteiger partial charge in [0.1, 0.15) is 5.37 Å². The number of alkyl halides is 1. The van der Waals surface area contributed by atoms with E-state index in [1.165, 1.54) is 12.1 Å². The summed E-state index contributed by atoms with van der Waals surface area (Å²) in [5.41, 5.74) is 6.06. The van der Waals surface area contributed by atoms with Gasteiger partial charge in [-0.1, -0.05) is 55.1 Å². The van der Waals surface area contributed by atoms with Crippen LogP contribution in [0.1, 0.15) is 11.5 Å². The van der Waals surface area contributed by atoms with E-state index in [9.17, 15) is 27.9 Å². The molecule has 4 atom stereocenters. The molecule has 3 N–H and O–H groups in total. The molecule has 8 nitrogen and oxygen atoms in total. The minimum atomic E-state index is -4.03. The Morgan fingerprint density at radius 3 is 2.15 bits per heavy atom. The molecule has 0 saturated carbocycles. The summed E-state index contributed by atoms with van der Waals surface area (Å²) in [5.74, 6) is -5.57. The minimum Gasteiger partial charge on any atom is -0.479 e. The van der Waals surface area contributed by atoms with E-state index in [4.69, 9.17) is 17.3 Å². The second-order valence-corrected chi connectivity index (χ2v) is 11.6. The summed E-state index contributed by atoms with van der Waals surface area (Å²) in [6, 6.07) is 14.2. The van der Waals surface area contributed by atoms with E-state index < -0.39 is 49.9 Å². The highest BCUT2D eigenvalue weighted by Gasteiger charge is 2.59. The number of aliphatic carboxylic acids is 1. The molecule has 0 aromatic heterocycles. The Kier molecular flexibility index (Phi) is 7.51. The lowest BCUT2D eigenvalue weighted by molar-refractivity contribution is -0.164. The first-order valence-corrected chi connectivity index (χ1v) is 13.1. The van der Waals surface area contributed by atoms with Gasteiger partial charge in [-0.25, -0.2) is 13.2 Å². The molecule has 2 aromatic rings. The molecule has 3 rings (SSSR count). The Bertz CT molecular complexity index is 1170. The average molecular weight is 509 g/mol. The van der Waals surface area contributed by atoms with Gasteiger partial charge in [0.2, 0.25) is 20.7 Å². The number of rotatable bonds is 10. The molecule has 2 aromatic carbocycles. The molecule has 1 aliphatic rings. The van der Waals surface area contributed by atoms with Gasteiger partial charge in [0.15, 0.2) is 6.04 Å². The average Bonchev–Trinajstić information content (AvgIpc) is 2.80. The van der Waals surface area contributed by atoms with E-state index in [0.717, 1.165) is 4.90 Å². The van der Waals surface area contributed by atoms with Crippen LogP contribution in [0.3, 0.4) is 0 Å². The maximum atomic E-state index is 13.2. The molecule has 1 heterocycles. The smallest absolute Gasteiger partial charge is 0.330 e. The van der Waals surface area contributed by atoms with Crippen molar-refractivity contribution in [3.8, 4) is 0 Å². The topological polar surface area (TPSA) is 135 Å². The van der Waals surface area contributed by atoms with Crippen molar-refractivity contribution in [3.63, 3.8) is 0 Å². The summed E-state index contributed by atoms with van der Waals surface area (Å²) < 4.78 is 26.2. The van der Waals surface area contributed by atoms with Crippen LogP contribution in [0, 0.1) is 5.92 Å².